The van der Waals surface area contributed by atoms with Gasteiger partial charge in [-0.1, -0.05) is 13.3 Å². The molecule has 1 unspecified atom stereocenters. The Labute approximate surface area is 141 Å². The van der Waals surface area contributed by atoms with Crippen LogP contribution in [-0.2, 0) is 14.6 Å². The Morgan fingerprint density at radius 1 is 1.35 bits per heavy atom. The third-order valence-electron chi connectivity index (χ3n) is 3.90. The first-order valence-corrected chi connectivity index (χ1v) is 10.6. The lowest BCUT2D eigenvalue weighted by Crippen LogP contribution is -2.42. The van der Waals surface area contributed by atoms with Crippen LogP contribution in [0.5, 0.6) is 0 Å². The molecule has 1 saturated heterocycles. The highest BCUT2D eigenvalue weighted by molar-refractivity contribution is 8.00. The zero-order valence-corrected chi connectivity index (χ0v) is 14.8. The van der Waals surface area contributed by atoms with Crippen LogP contribution in [0.1, 0.15) is 26.2 Å². The van der Waals surface area contributed by atoms with Gasteiger partial charge in [0, 0.05) is 17.5 Å². The van der Waals surface area contributed by atoms with E-state index in [0.717, 1.165) is 17.7 Å². The molecule has 1 amide bonds. The Kier molecular flexibility index (Phi) is 6.47. The number of carbonyl (C=O) groups excluding carboxylic acids is 1. The fraction of sp³-hybridized carbons (Fsp3) is 0.562. The van der Waals surface area contributed by atoms with E-state index >= 15 is 0 Å². The summed E-state index contributed by atoms with van der Waals surface area (Å²) in [6.07, 6.45) is 2.34. The summed E-state index contributed by atoms with van der Waals surface area (Å²) in [5.41, 5.74) is 0. The number of unbranched alkanes of at least 4 members (excludes halogenated alkanes) is 1. The number of hydrogen-bond acceptors (Lipinski definition) is 4. The van der Waals surface area contributed by atoms with Crippen molar-refractivity contribution in [1.82, 2.24) is 4.90 Å². The summed E-state index contributed by atoms with van der Waals surface area (Å²) < 4.78 is 36.2. The highest BCUT2D eigenvalue weighted by Gasteiger charge is 2.34. The van der Waals surface area contributed by atoms with Crippen molar-refractivity contribution < 1.29 is 17.6 Å². The topological polar surface area (TPSA) is 54.5 Å². The molecular weight excluding hydrogens is 337 g/mol. The number of carbonyl (C=O) groups is 1. The second kappa shape index (κ2) is 8.15. The van der Waals surface area contributed by atoms with E-state index in [1.54, 1.807) is 17.0 Å². The highest BCUT2D eigenvalue weighted by atomic mass is 32.2. The Bertz CT molecular complexity index is 631. The Hall–Kier alpha value is -1.08. The molecule has 0 N–H and O–H groups in total. The van der Waals surface area contributed by atoms with E-state index in [0.29, 0.717) is 13.0 Å². The lowest BCUT2D eigenvalue weighted by molar-refractivity contribution is -0.130. The molecule has 2 rings (SSSR count). The smallest absolute Gasteiger partial charge is 0.233 e. The van der Waals surface area contributed by atoms with Gasteiger partial charge in [-0.15, -0.1) is 11.8 Å². The number of amides is 1. The van der Waals surface area contributed by atoms with E-state index < -0.39 is 9.84 Å². The molecule has 0 aromatic heterocycles. The van der Waals surface area contributed by atoms with Crippen molar-refractivity contribution in [1.29, 1.82) is 0 Å². The molecule has 1 heterocycles. The number of hydrogen-bond donors (Lipinski definition) is 0. The van der Waals surface area contributed by atoms with Crippen molar-refractivity contribution >= 4 is 27.5 Å². The van der Waals surface area contributed by atoms with Crippen LogP contribution in [0.15, 0.2) is 29.2 Å². The van der Waals surface area contributed by atoms with Crippen LogP contribution in [0.4, 0.5) is 4.39 Å². The summed E-state index contributed by atoms with van der Waals surface area (Å²) in [5.74, 6) is 0.130. The van der Waals surface area contributed by atoms with Gasteiger partial charge in [0.15, 0.2) is 9.84 Å². The first kappa shape index (κ1) is 18.3. The average Bonchev–Trinajstić information content (AvgIpc) is 2.87. The van der Waals surface area contributed by atoms with Gasteiger partial charge in [-0.3, -0.25) is 4.79 Å². The summed E-state index contributed by atoms with van der Waals surface area (Å²) in [5, 5.41) is 0. The average molecular weight is 359 g/mol. The standard InChI is InChI=1S/C16H22FNO3S2/c1-2-3-9-18(14-8-10-23(20,21)12-14)16(19)11-22-15-6-4-13(17)5-7-15/h4-7,14H,2-3,8-12H2,1H3. The van der Waals surface area contributed by atoms with Crippen LogP contribution >= 0.6 is 11.8 Å². The largest absolute Gasteiger partial charge is 0.338 e. The van der Waals surface area contributed by atoms with E-state index in [2.05, 4.69) is 0 Å². The molecule has 1 aromatic rings. The van der Waals surface area contributed by atoms with E-state index in [9.17, 15) is 17.6 Å². The first-order valence-electron chi connectivity index (χ1n) is 7.79. The van der Waals surface area contributed by atoms with Crippen LogP contribution in [0, 0.1) is 5.82 Å². The predicted molar refractivity (Wildman–Crippen MR) is 90.8 cm³/mol. The molecule has 1 fully saturated rings. The minimum Gasteiger partial charge on any atom is -0.338 e. The molecule has 1 atom stereocenters. The molecule has 4 nitrogen and oxygen atoms in total. The van der Waals surface area contributed by atoms with E-state index in [1.165, 1.54) is 23.9 Å². The summed E-state index contributed by atoms with van der Waals surface area (Å²) in [6, 6.07) is 5.82. The van der Waals surface area contributed by atoms with Crippen molar-refractivity contribution in [3.05, 3.63) is 30.1 Å². The predicted octanol–water partition coefficient (Wildman–Crippen LogP) is 2.73. The maximum Gasteiger partial charge on any atom is 0.233 e. The van der Waals surface area contributed by atoms with Crippen molar-refractivity contribution in [2.75, 3.05) is 23.8 Å². The molecule has 1 aliphatic rings. The summed E-state index contributed by atoms with van der Waals surface area (Å²) in [6.45, 7) is 2.64. The maximum absolute atomic E-state index is 12.9. The van der Waals surface area contributed by atoms with Crippen LogP contribution in [0.25, 0.3) is 0 Å². The number of halogens is 1. The Morgan fingerprint density at radius 2 is 2.04 bits per heavy atom. The molecule has 0 saturated carbocycles. The van der Waals surface area contributed by atoms with Crippen LogP contribution in [0.3, 0.4) is 0 Å². The zero-order chi connectivity index (χ0) is 16.9. The number of rotatable bonds is 7. The molecule has 1 aromatic carbocycles. The van der Waals surface area contributed by atoms with Gasteiger partial charge in [0.2, 0.25) is 5.91 Å². The summed E-state index contributed by atoms with van der Waals surface area (Å²) in [4.78, 5) is 15.1. The Morgan fingerprint density at radius 3 is 2.61 bits per heavy atom. The SMILES string of the molecule is CCCCN(C(=O)CSc1ccc(F)cc1)C1CCS(=O)(=O)C1. The van der Waals surface area contributed by atoms with Crippen molar-refractivity contribution in [3.63, 3.8) is 0 Å². The van der Waals surface area contributed by atoms with Gasteiger partial charge in [-0.2, -0.15) is 0 Å². The molecule has 1 aliphatic heterocycles. The Balaban J connectivity index is 1.97. The van der Waals surface area contributed by atoms with Gasteiger partial charge in [0.1, 0.15) is 5.82 Å². The van der Waals surface area contributed by atoms with Crippen molar-refractivity contribution in [3.8, 4) is 0 Å². The summed E-state index contributed by atoms with van der Waals surface area (Å²) in [7, 11) is -3.01. The molecule has 0 radical (unpaired) electrons. The van der Waals surface area contributed by atoms with E-state index in [4.69, 9.17) is 0 Å². The maximum atomic E-state index is 12.9. The number of thioether (sulfide) groups is 1. The van der Waals surface area contributed by atoms with E-state index in [1.807, 2.05) is 6.92 Å². The van der Waals surface area contributed by atoms with Crippen molar-refractivity contribution in [2.45, 2.75) is 37.1 Å². The highest BCUT2D eigenvalue weighted by Crippen LogP contribution is 2.22. The molecule has 0 spiro atoms. The van der Waals surface area contributed by atoms with Crippen LogP contribution in [-0.4, -0.2) is 49.1 Å². The van der Waals surface area contributed by atoms with Gasteiger partial charge < -0.3 is 4.90 Å². The minimum atomic E-state index is -3.01. The fourth-order valence-corrected chi connectivity index (χ4v) is 5.13. The fourth-order valence-electron chi connectivity index (χ4n) is 2.62. The molecule has 0 bridgehead atoms. The second-order valence-electron chi connectivity index (χ2n) is 5.74. The molecule has 23 heavy (non-hydrogen) atoms. The van der Waals surface area contributed by atoms with E-state index in [-0.39, 0.29) is 35.0 Å². The normalized spacial score (nSPS) is 19.7. The first-order chi connectivity index (χ1) is 10.9. The third kappa shape index (κ3) is 5.49. The quantitative estimate of drug-likeness (QED) is 0.703. The number of benzene rings is 1. The van der Waals surface area contributed by atoms with Crippen LogP contribution in [0.2, 0.25) is 0 Å². The third-order valence-corrected chi connectivity index (χ3v) is 6.65. The zero-order valence-electron chi connectivity index (χ0n) is 13.2. The van der Waals surface area contributed by atoms with Crippen LogP contribution < -0.4 is 0 Å². The molecule has 7 heteroatoms. The van der Waals surface area contributed by atoms with Gasteiger partial charge in [0.05, 0.1) is 17.3 Å². The molecular formula is C16H22FNO3S2. The number of sulfone groups is 1. The van der Waals surface area contributed by atoms with Gasteiger partial charge in [0.25, 0.3) is 0 Å². The lowest BCUT2D eigenvalue weighted by Gasteiger charge is -2.28. The lowest BCUT2D eigenvalue weighted by atomic mass is 10.2. The molecule has 128 valence electrons. The minimum absolute atomic E-state index is 0.0464. The van der Waals surface area contributed by atoms with Gasteiger partial charge >= 0.3 is 0 Å². The number of nitrogens with zero attached hydrogens (tertiary/aromatic N) is 1. The second-order valence-corrected chi connectivity index (χ2v) is 9.02. The monoisotopic (exact) mass is 359 g/mol. The van der Waals surface area contributed by atoms with Crippen molar-refractivity contribution in [2.24, 2.45) is 0 Å². The summed E-state index contributed by atoms with van der Waals surface area (Å²) >= 11 is 1.35. The van der Waals surface area contributed by atoms with Gasteiger partial charge in [-0.05, 0) is 37.1 Å². The molecule has 0 aliphatic carbocycles. The van der Waals surface area contributed by atoms with Gasteiger partial charge in [-0.25, -0.2) is 12.8 Å².